The van der Waals surface area contributed by atoms with Crippen molar-refractivity contribution in [1.82, 2.24) is 14.5 Å². The highest BCUT2D eigenvalue weighted by molar-refractivity contribution is 6.33. The summed E-state index contributed by atoms with van der Waals surface area (Å²) in [5, 5.41) is 13.9. The smallest absolute Gasteiger partial charge is 0.252 e. The lowest BCUT2D eigenvalue weighted by Crippen LogP contribution is -2.11. The molecule has 32 heavy (non-hydrogen) atoms. The van der Waals surface area contributed by atoms with Crippen molar-refractivity contribution in [2.24, 2.45) is 5.73 Å². The van der Waals surface area contributed by atoms with Crippen LogP contribution in [0.2, 0.25) is 5.02 Å². The quantitative estimate of drug-likeness (QED) is 0.343. The summed E-state index contributed by atoms with van der Waals surface area (Å²) in [6.45, 7) is 1.54. The normalized spacial score (nSPS) is 10.8. The summed E-state index contributed by atoms with van der Waals surface area (Å²) in [4.78, 5) is 20.4. The van der Waals surface area contributed by atoms with Crippen LogP contribution in [0.5, 0.6) is 5.75 Å². The monoisotopic (exact) mass is 447 g/mol. The van der Waals surface area contributed by atoms with Gasteiger partial charge in [0.15, 0.2) is 0 Å². The molecule has 0 spiro atoms. The van der Waals surface area contributed by atoms with E-state index in [9.17, 15) is 9.90 Å². The highest BCUT2D eigenvalue weighted by Gasteiger charge is 2.13. The minimum atomic E-state index is -0.704. The maximum Gasteiger partial charge on any atom is 0.252 e. The zero-order valence-corrected chi connectivity index (χ0v) is 18.0. The first kappa shape index (κ1) is 21.4. The van der Waals surface area contributed by atoms with E-state index in [1.807, 2.05) is 47.2 Å². The van der Waals surface area contributed by atoms with Crippen LogP contribution < -0.4 is 11.1 Å². The van der Waals surface area contributed by atoms with Gasteiger partial charge < -0.3 is 20.7 Å². The summed E-state index contributed by atoms with van der Waals surface area (Å²) in [5.41, 5.74) is 8.48. The first-order chi connectivity index (χ1) is 15.5. The van der Waals surface area contributed by atoms with Crippen LogP contribution in [0, 0.1) is 0 Å². The number of hydrogen-bond donors (Lipinski definition) is 3. The number of amides is 1. The van der Waals surface area contributed by atoms with Crippen molar-refractivity contribution in [1.29, 1.82) is 0 Å². The van der Waals surface area contributed by atoms with Gasteiger partial charge in [-0.3, -0.25) is 4.79 Å². The Morgan fingerprint density at radius 3 is 2.72 bits per heavy atom. The Morgan fingerprint density at radius 1 is 1.12 bits per heavy atom. The summed E-state index contributed by atoms with van der Waals surface area (Å²) in [5.74, 6) is -0.192. The second kappa shape index (κ2) is 9.53. The molecule has 0 saturated carbocycles. The van der Waals surface area contributed by atoms with Crippen LogP contribution in [-0.4, -0.2) is 32.1 Å². The number of carbonyl (C=O) groups is 1. The van der Waals surface area contributed by atoms with Gasteiger partial charge in [0.1, 0.15) is 11.6 Å². The summed E-state index contributed by atoms with van der Waals surface area (Å²) in [6.07, 6.45) is 6.35. The van der Waals surface area contributed by atoms with Gasteiger partial charge in [-0.1, -0.05) is 29.8 Å². The molecule has 2 aromatic heterocycles. The standard InChI is InChI=1S/C24H22ClN5O2/c25-20-5-2-1-4-18(20)17-13-21(16-6-7-22(31)19(12-16)24(26)32)29-23(14-17)28-8-3-10-30-11-9-27-15-30/h1-2,4-7,9,11-15,31H,3,8,10H2,(H2,26,32)(H,28,29). The van der Waals surface area contributed by atoms with Crippen LogP contribution in [0.1, 0.15) is 16.8 Å². The van der Waals surface area contributed by atoms with Gasteiger partial charge in [-0.2, -0.15) is 0 Å². The third-order valence-electron chi connectivity index (χ3n) is 5.03. The predicted octanol–water partition coefficient (Wildman–Crippen LogP) is 4.57. The average Bonchev–Trinajstić information content (AvgIpc) is 3.30. The molecule has 0 aliphatic carbocycles. The Balaban J connectivity index is 1.67. The van der Waals surface area contributed by atoms with Gasteiger partial charge in [-0.15, -0.1) is 0 Å². The van der Waals surface area contributed by atoms with Gasteiger partial charge in [0.2, 0.25) is 0 Å². The van der Waals surface area contributed by atoms with E-state index < -0.39 is 5.91 Å². The lowest BCUT2D eigenvalue weighted by molar-refractivity contribution is 0.0998. The number of benzene rings is 2. The van der Waals surface area contributed by atoms with Crippen LogP contribution in [0.25, 0.3) is 22.4 Å². The third kappa shape index (κ3) is 4.90. The zero-order valence-electron chi connectivity index (χ0n) is 17.2. The van der Waals surface area contributed by atoms with Gasteiger partial charge in [0.25, 0.3) is 5.91 Å². The molecule has 162 valence electrons. The van der Waals surface area contributed by atoms with E-state index in [-0.39, 0.29) is 11.3 Å². The molecule has 2 heterocycles. The van der Waals surface area contributed by atoms with Crippen molar-refractivity contribution in [3.63, 3.8) is 0 Å². The Labute approximate surface area is 190 Å². The molecule has 7 nitrogen and oxygen atoms in total. The fourth-order valence-electron chi connectivity index (χ4n) is 3.41. The van der Waals surface area contributed by atoms with Crippen molar-refractivity contribution in [3.8, 4) is 28.1 Å². The highest BCUT2D eigenvalue weighted by Crippen LogP contribution is 2.33. The molecule has 2 aromatic carbocycles. The molecular formula is C24H22ClN5O2. The highest BCUT2D eigenvalue weighted by atomic mass is 35.5. The number of phenols is 1. The first-order valence-electron chi connectivity index (χ1n) is 10.1. The van der Waals surface area contributed by atoms with Crippen molar-refractivity contribution in [3.05, 3.63) is 83.9 Å². The largest absolute Gasteiger partial charge is 0.507 e. The lowest BCUT2D eigenvalue weighted by Gasteiger charge is -2.13. The molecule has 0 fully saturated rings. The van der Waals surface area contributed by atoms with E-state index in [0.717, 1.165) is 24.1 Å². The fraction of sp³-hybridized carbons (Fsp3) is 0.125. The number of primary amides is 1. The van der Waals surface area contributed by atoms with Crippen LogP contribution >= 0.6 is 11.6 Å². The van der Waals surface area contributed by atoms with E-state index in [0.29, 0.717) is 28.6 Å². The van der Waals surface area contributed by atoms with Crippen molar-refractivity contribution < 1.29 is 9.90 Å². The number of aryl methyl sites for hydroxylation is 1. The van der Waals surface area contributed by atoms with Crippen LogP contribution in [-0.2, 0) is 6.54 Å². The number of aromatic nitrogens is 3. The second-order valence-corrected chi connectivity index (χ2v) is 7.69. The number of nitrogens with one attached hydrogen (secondary N) is 1. The SMILES string of the molecule is NC(=O)c1cc(-c2cc(-c3ccccc3Cl)cc(NCCCn3ccnc3)n2)ccc1O. The molecule has 4 rings (SSSR count). The molecule has 0 aliphatic heterocycles. The summed E-state index contributed by atoms with van der Waals surface area (Å²) in [6, 6.07) is 16.1. The first-order valence-corrected chi connectivity index (χ1v) is 10.5. The number of hydrogen-bond acceptors (Lipinski definition) is 5. The number of imidazole rings is 1. The predicted molar refractivity (Wildman–Crippen MR) is 126 cm³/mol. The second-order valence-electron chi connectivity index (χ2n) is 7.28. The van der Waals surface area contributed by atoms with E-state index in [4.69, 9.17) is 22.3 Å². The molecule has 0 aliphatic rings. The van der Waals surface area contributed by atoms with Crippen molar-refractivity contribution in [2.75, 3.05) is 11.9 Å². The molecule has 4 aromatic rings. The van der Waals surface area contributed by atoms with Crippen molar-refractivity contribution >= 4 is 23.3 Å². The molecular weight excluding hydrogens is 426 g/mol. The maximum atomic E-state index is 11.7. The summed E-state index contributed by atoms with van der Waals surface area (Å²) < 4.78 is 2.02. The number of halogens is 1. The minimum absolute atomic E-state index is 0.0438. The average molecular weight is 448 g/mol. The molecule has 8 heteroatoms. The van der Waals surface area contributed by atoms with Crippen molar-refractivity contribution in [2.45, 2.75) is 13.0 Å². The van der Waals surface area contributed by atoms with Gasteiger partial charge in [-0.05, 0) is 48.4 Å². The fourth-order valence-corrected chi connectivity index (χ4v) is 3.65. The molecule has 0 radical (unpaired) electrons. The Morgan fingerprint density at radius 2 is 1.97 bits per heavy atom. The van der Waals surface area contributed by atoms with Gasteiger partial charge >= 0.3 is 0 Å². The molecule has 1 amide bonds. The Kier molecular flexibility index (Phi) is 6.37. The molecule has 0 saturated heterocycles. The number of carbonyl (C=O) groups excluding carboxylic acids is 1. The van der Waals surface area contributed by atoms with Gasteiger partial charge in [-0.25, -0.2) is 9.97 Å². The Hall–Kier alpha value is -3.84. The number of anilines is 1. The van der Waals surface area contributed by atoms with E-state index in [1.165, 1.54) is 6.07 Å². The lowest BCUT2D eigenvalue weighted by atomic mass is 10.0. The molecule has 0 bridgehead atoms. The molecule has 4 N–H and O–H groups in total. The number of nitrogens with zero attached hydrogens (tertiary/aromatic N) is 3. The number of rotatable bonds is 8. The number of nitrogens with two attached hydrogens (primary N) is 1. The van der Waals surface area contributed by atoms with Gasteiger partial charge in [0, 0.05) is 41.6 Å². The third-order valence-corrected chi connectivity index (χ3v) is 5.36. The number of pyridine rings is 1. The molecule has 0 unspecified atom stereocenters. The minimum Gasteiger partial charge on any atom is -0.507 e. The van der Waals surface area contributed by atoms with E-state index >= 15 is 0 Å². The van der Waals surface area contributed by atoms with Crippen LogP contribution in [0.3, 0.4) is 0 Å². The van der Waals surface area contributed by atoms with E-state index in [1.54, 1.807) is 24.7 Å². The van der Waals surface area contributed by atoms with Crippen LogP contribution in [0.4, 0.5) is 5.82 Å². The van der Waals surface area contributed by atoms with Crippen LogP contribution in [0.15, 0.2) is 73.3 Å². The summed E-state index contributed by atoms with van der Waals surface area (Å²) >= 11 is 6.44. The topological polar surface area (TPSA) is 106 Å². The Bertz CT molecular complexity index is 1240. The van der Waals surface area contributed by atoms with Gasteiger partial charge in [0.05, 0.1) is 17.6 Å². The molecule has 0 atom stereocenters. The maximum absolute atomic E-state index is 11.7. The number of aromatic hydroxyl groups is 1. The summed E-state index contributed by atoms with van der Waals surface area (Å²) in [7, 11) is 0. The zero-order chi connectivity index (χ0) is 22.5. The van der Waals surface area contributed by atoms with E-state index in [2.05, 4.69) is 10.3 Å².